The summed E-state index contributed by atoms with van der Waals surface area (Å²) in [6.45, 7) is 0.184. The van der Waals surface area contributed by atoms with Crippen molar-refractivity contribution in [1.29, 1.82) is 5.26 Å². The molecule has 1 unspecified atom stereocenters. The Morgan fingerprint density at radius 1 is 1.10 bits per heavy atom. The molecule has 0 spiro atoms. The van der Waals surface area contributed by atoms with Crippen molar-refractivity contribution in [3.05, 3.63) is 113 Å². The van der Waals surface area contributed by atoms with Crippen molar-refractivity contribution in [1.82, 2.24) is 14.7 Å². The molecule has 0 bridgehead atoms. The van der Waals surface area contributed by atoms with Crippen molar-refractivity contribution < 1.29 is 18.0 Å². The van der Waals surface area contributed by atoms with Crippen LogP contribution in [0.2, 0.25) is 0 Å². The molecular formula is C30H27F3N6O. The van der Waals surface area contributed by atoms with Crippen molar-refractivity contribution in [2.45, 2.75) is 37.6 Å². The molecule has 3 aromatic carbocycles. The summed E-state index contributed by atoms with van der Waals surface area (Å²) in [7, 11) is 2.03. The molecule has 1 heterocycles. The SMILES string of the molecule is CN(C1CC1)C(c1cccc(C#N)c1)c1cccc(NC(=O)c2cc(C(F)(F)F)nn2-c2cccc(CN)c2)c1. The first kappa shape index (κ1) is 27.1. The van der Waals surface area contributed by atoms with Gasteiger partial charge in [-0.15, -0.1) is 0 Å². The third-order valence-corrected chi connectivity index (χ3v) is 6.95. The zero-order chi connectivity index (χ0) is 28.4. The fourth-order valence-corrected chi connectivity index (χ4v) is 4.81. The Kier molecular flexibility index (Phi) is 7.43. The summed E-state index contributed by atoms with van der Waals surface area (Å²) in [6.07, 6.45) is -2.60. The Bertz CT molecular complexity index is 1580. The Balaban J connectivity index is 1.49. The summed E-state index contributed by atoms with van der Waals surface area (Å²) in [4.78, 5) is 15.6. The number of carbonyl (C=O) groups is 1. The van der Waals surface area contributed by atoms with Crippen LogP contribution in [0, 0.1) is 11.3 Å². The second-order valence-electron chi connectivity index (χ2n) is 9.81. The van der Waals surface area contributed by atoms with Gasteiger partial charge < -0.3 is 11.1 Å². The van der Waals surface area contributed by atoms with Gasteiger partial charge in [-0.3, -0.25) is 9.69 Å². The number of rotatable bonds is 8. The molecule has 1 atom stereocenters. The van der Waals surface area contributed by atoms with Gasteiger partial charge in [-0.05, 0) is 73.0 Å². The minimum atomic E-state index is -4.73. The number of hydrogen-bond donors (Lipinski definition) is 2. The first-order valence-electron chi connectivity index (χ1n) is 12.8. The van der Waals surface area contributed by atoms with Crippen LogP contribution < -0.4 is 11.1 Å². The van der Waals surface area contributed by atoms with E-state index in [-0.39, 0.29) is 18.3 Å². The second kappa shape index (κ2) is 11.0. The third kappa shape index (κ3) is 5.76. The first-order chi connectivity index (χ1) is 19.2. The summed E-state index contributed by atoms with van der Waals surface area (Å²) in [6, 6.07) is 24.3. The van der Waals surface area contributed by atoms with Gasteiger partial charge in [0.15, 0.2) is 5.69 Å². The molecule has 7 nitrogen and oxygen atoms in total. The molecule has 1 amide bonds. The van der Waals surface area contributed by atoms with Gasteiger partial charge in [-0.1, -0.05) is 36.4 Å². The van der Waals surface area contributed by atoms with Crippen LogP contribution in [0.25, 0.3) is 5.69 Å². The van der Waals surface area contributed by atoms with E-state index in [0.29, 0.717) is 28.5 Å². The van der Waals surface area contributed by atoms with Gasteiger partial charge in [0, 0.05) is 24.3 Å². The molecule has 10 heteroatoms. The van der Waals surface area contributed by atoms with Crippen LogP contribution in [-0.4, -0.2) is 33.7 Å². The highest BCUT2D eigenvalue weighted by atomic mass is 19.4. The number of hydrogen-bond acceptors (Lipinski definition) is 5. The van der Waals surface area contributed by atoms with Crippen molar-refractivity contribution >= 4 is 11.6 Å². The molecule has 1 fully saturated rings. The second-order valence-corrected chi connectivity index (χ2v) is 9.81. The highest BCUT2D eigenvalue weighted by Crippen LogP contribution is 2.38. The highest BCUT2D eigenvalue weighted by Gasteiger charge is 2.36. The van der Waals surface area contributed by atoms with E-state index in [2.05, 4.69) is 21.4 Å². The van der Waals surface area contributed by atoms with E-state index in [1.807, 2.05) is 31.3 Å². The minimum absolute atomic E-state index is 0.181. The number of carbonyl (C=O) groups excluding carboxylic acids is 1. The van der Waals surface area contributed by atoms with E-state index >= 15 is 0 Å². The molecule has 5 rings (SSSR count). The van der Waals surface area contributed by atoms with Crippen molar-refractivity contribution in [3.63, 3.8) is 0 Å². The van der Waals surface area contributed by atoms with Crippen LogP contribution in [0.4, 0.5) is 18.9 Å². The number of nitriles is 1. The molecule has 4 aromatic rings. The molecule has 1 aliphatic rings. The number of nitrogens with one attached hydrogen (secondary N) is 1. The average molecular weight is 545 g/mol. The van der Waals surface area contributed by atoms with E-state index in [1.165, 1.54) is 0 Å². The molecule has 40 heavy (non-hydrogen) atoms. The van der Waals surface area contributed by atoms with Crippen LogP contribution in [0.1, 0.15) is 57.3 Å². The average Bonchev–Trinajstić information content (AvgIpc) is 3.70. The molecular weight excluding hydrogens is 517 g/mol. The standard InChI is InChI=1S/C30H27F3N6O/c1-38(24-11-12-24)28(21-7-2-5-19(13-21)17-34)22-8-4-9-23(15-22)36-29(40)26-16-27(30(31,32)33)37-39(26)25-10-3-6-20(14-25)18-35/h2-10,13-16,24,28H,11-12,18,35H2,1H3,(H,36,40). The van der Waals surface area contributed by atoms with E-state index in [1.54, 1.807) is 48.5 Å². The van der Waals surface area contributed by atoms with Crippen LogP contribution in [0.15, 0.2) is 78.9 Å². The molecule has 1 aromatic heterocycles. The number of benzene rings is 3. The van der Waals surface area contributed by atoms with Crippen molar-refractivity contribution in [2.24, 2.45) is 5.73 Å². The summed E-state index contributed by atoms with van der Waals surface area (Å²) < 4.78 is 41.7. The first-order valence-corrected chi connectivity index (χ1v) is 12.8. The minimum Gasteiger partial charge on any atom is -0.326 e. The lowest BCUT2D eigenvalue weighted by Crippen LogP contribution is -2.28. The fourth-order valence-electron chi connectivity index (χ4n) is 4.81. The van der Waals surface area contributed by atoms with Crippen molar-refractivity contribution in [3.8, 4) is 11.8 Å². The monoisotopic (exact) mass is 544 g/mol. The predicted octanol–water partition coefficient (Wildman–Crippen LogP) is 5.66. The molecule has 3 N–H and O–H groups in total. The lowest BCUT2D eigenvalue weighted by atomic mass is 9.95. The zero-order valence-electron chi connectivity index (χ0n) is 21.7. The summed E-state index contributed by atoms with van der Waals surface area (Å²) >= 11 is 0. The molecule has 204 valence electrons. The van der Waals surface area contributed by atoms with E-state index in [4.69, 9.17) is 5.73 Å². The number of aromatic nitrogens is 2. The van der Waals surface area contributed by atoms with Crippen LogP contribution in [0.3, 0.4) is 0 Å². The van der Waals surface area contributed by atoms with E-state index in [0.717, 1.165) is 34.7 Å². The van der Waals surface area contributed by atoms with Crippen LogP contribution >= 0.6 is 0 Å². The molecule has 0 aliphatic heterocycles. The number of alkyl halides is 3. The summed E-state index contributed by atoms with van der Waals surface area (Å²) in [5.74, 6) is -0.739. The Labute approximate surface area is 229 Å². The Hall–Kier alpha value is -4.46. The maximum atomic E-state index is 13.6. The number of nitrogens with two attached hydrogens (primary N) is 1. The highest BCUT2D eigenvalue weighted by molar-refractivity contribution is 6.03. The molecule has 1 saturated carbocycles. The van der Waals surface area contributed by atoms with Crippen molar-refractivity contribution in [2.75, 3.05) is 12.4 Å². The molecule has 0 saturated heterocycles. The normalized spacial score (nSPS) is 14.1. The zero-order valence-corrected chi connectivity index (χ0v) is 21.7. The van der Waals surface area contributed by atoms with Gasteiger partial charge in [0.05, 0.1) is 23.4 Å². The topological polar surface area (TPSA) is 100.0 Å². The van der Waals surface area contributed by atoms with Crippen LogP contribution in [0.5, 0.6) is 0 Å². The summed E-state index contributed by atoms with van der Waals surface area (Å²) in [5, 5.41) is 15.9. The van der Waals surface area contributed by atoms with Crippen LogP contribution in [-0.2, 0) is 12.7 Å². The number of amides is 1. The third-order valence-electron chi connectivity index (χ3n) is 6.95. The summed E-state index contributed by atoms with van der Waals surface area (Å²) in [5.41, 5.74) is 8.02. The maximum Gasteiger partial charge on any atom is 0.435 e. The number of anilines is 1. The van der Waals surface area contributed by atoms with Gasteiger partial charge in [-0.2, -0.15) is 23.5 Å². The molecule has 0 radical (unpaired) electrons. The number of halogens is 3. The largest absolute Gasteiger partial charge is 0.435 e. The number of nitrogens with zero attached hydrogens (tertiary/aromatic N) is 4. The Morgan fingerprint density at radius 3 is 2.48 bits per heavy atom. The van der Waals surface area contributed by atoms with E-state index < -0.39 is 17.8 Å². The predicted molar refractivity (Wildman–Crippen MR) is 145 cm³/mol. The van der Waals surface area contributed by atoms with Gasteiger partial charge in [0.2, 0.25) is 0 Å². The lowest BCUT2D eigenvalue weighted by molar-refractivity contribution is -0.141. The Morgan fingerprint density at radius 2 is 1.80 bits per heavy atom. The fraction of sp³-hybridized carbons (Fsp3) is 0.233. The lowest BCUT2D eigenvalue weighted by Gasteiger charge is -2.29. The maximum absolute atomic E-state index is 13.6. The quantitative estimate of drug-likeness (QED) is 0.298. The van der Waals surface area contributed by atoms with E-state index in [9.17, 15) is 23.2 Å². The molecule has 1 aliphatic carbocycles. The van der Waals surface area contributed by atoms with Gasteiger partial charge in [-0.25, -0.2) is 4.68 Å². The smallest absolute Gasteiger partial charge is 0.326 e. The van der Waals surface area contributed by atoms with Gasteiger partial charge in [0.25, 0.3) is 5.91 Å². The van der Waals surface area contributed by atoms with Gasteiger partial charge >= 0.3 is 6.18 Å². The van der Waals surface area contributed by atoms with Gasteiger partial charge in [0.1, 0.15) is 5.69 Å².